The first kappa shape index (κ1) is 14.3. The minimum absolute atomic E-state index is 0.523. The summed E-state index contributed by atoms with van der Waals surface area (Å²) in [5.41, 5.74) is -0.523. The second-order valence-electron chi connectivity index (χ2n) is 5.78. The summed E-state index contributed by atoms with van der Waals surface area (Å²) in [6.45, 7) is 7.18. The summed E-state index contributed by atoms with van der Waals surface area (Å²) in [7, 11) is 0. The van der Waals surface area contributed by atoms with Crippen LogP contribution < -0.4 is 5.32 Å². The summed E-state index contributed by atoms with van der Waals surface area (Å²) in [5.74, 6) is 2.87. The van der Waals surface area contributed by atoms with Gasteiger partial charge in [-0.15, -0.1) is 0 Å². The molecule has 1 saturated carbocycles. The molecular weight excluding hydrogens is 218 g/mol. The van der Waals surface area contributed by atoms with Gasteiger partial charge >= 0.3 is 0 Å². The zero-order valence-electron chi connectivity index (χ0n) is 11.0. The van der Waals surface area contributed by atoms with Crippen LogP contribution in [0.15, 0.2) is 0 Å². The number of rotatable bonds is 6. The minimum Gasteiger partial charge on any atom is -0.390 e. The lowest BCUT2D eigenvalue weighted by atomic mass is 9.87. The normalized spacial score (nSPS) is 27.0. The molecule has 0 saturated heterocycles. The lowest BCUT2D eigenvalue weighted by Crippen LogP contribution is -2.34. The van der Waals surface area contributed by atoms with Crippen LogP contribution in [0.5, 0.6) is 0 Å². The number of nitrogens with one attached hydrogen (secondary N) is 1. The smallest absolute Gasteiger partial charge is 0.0681 e. The minimum atomic E-state index is -0.523. The largest absolute Gasteiger partial charge is 0.390 e. The van der Waals surface area contributed by atoms with Gasteiger partial charge in [0.1, 0.15) is 0 Å². The second kappa shape index (κ2) is 6.87. The third-order valence-electron chi connectivity index (χ3n) is 3.15. The molecule has 96 valence electrons. The molecule has 1 fully saturated rings. The lowest BCUT2D eigenvalue weighted by Gasteiger charge is -2.27. The van der Waals surface area contributed by atoms with Gasteiger partial charge in [-0.1, -0.05) is 6.92 Å². The highest BCUT2D eigenvalue weighted by atomic mass is 32.2. The fourth-order valence-electron chi connectivity index (χ4n) is 2.12. The fraction of sp³-hybridized carbons (Fsp3) is 1.00. The Kier molecular flexibility index (Phi) is 6.16. The van der Waals surface area contributed by atoms with Crippen molar-refractivity contribution in [3.63, 3.8) is 0 Å². The molecule has 2 nitrogen and oxygen atoms in total. The Balaban J connectivity index is 1.95. The van der Waals surface area contributed by atoms with Gasteiger partial charge in [-0.25, -0.2) is 0 Å². The lowest BCUT2D eigenvalue weighted by molar-refractivity contribution is 0.107. The van der Waals surface area contributed by atoms with Crippen LogP contribution in [0.1, 0.15) is 46.5 Å². The van der Waals surface area contributed by atoms with Crippen LogP contribution in [0.2, 0.25) is 0 Å². The van der Waals surface area contributed by atoms with Crippen LogP contribution >= 0.6 is 11.8 Å². The zero-order chi connectivity index (χ0) is 12.0. The van der Waals surface area contributed by atoms with E-state index in [-0.39, 0.29) is 0 Å². The Labute approximate surface area is 105 Å². The van der Waals surface area contributed by atoms with E-state index >= 15 is 0 Å². The van der Waals surface area contributed by atoms with Gasteiger partial charge in [0.2, 0.25) is 0 Å². The Morgan fingerprint density at radius 1 is 1.25 bits per heavy atom. The van der Waals surface area contributed by atoms with E-state index in [1.807, 2.05) is 25.6 Å². The Bertz CT molecular complexity index is 183. The molecule has 1 aliphatic rings. The van der Waals surface area contributed by atoms with Crippen LogP contribution in [-0.2, 0) is 0 Å². The standard InChI is InChI=1S/C13H27NOS/c1-11-4-6-12(7-5-11)14-8-9-16-10-13(2,3)15/h11-12,14-15H,4-10H2,1-3H3. The molecule has 1 aliphatic carbocycles. The molecule has 0 amide bonds. The summed E-state index contributed by atoms with van der Waals surface area (Å²) in [6, 6.07) is 0.749. The van der Waals surface area contributed by atoms with Crippen molar-refractivity contribution in [3.8, 4) is 0 Å². The molecule has 0 heterocycles. The molecule has 0 radical (unpaired) electrons. The first-order chi connectivity index (χ1) is 7.47. The maximum absolute atomic E-state index is 9.55. The SMILES string of the molecule is CC1CCC(NCCSCC(C)(C)O)CC1. The molecule has 0 aliphatic heterocycles. The summed E-state index contributed by atoms with van der Waals surface area (Å²) in [6.07, 6.45) is 5.46. The van der Waals surface area contributed by atoms with Crippen molar-refractivity contribution in [1.82, 2.24) is 5.32 Å². The van der Waals surface area contributed by atoms with Crippen molar-refractivity contribution in [2.24, 2.45) is 5.92 Å². The summed E-state index contributed by atoms with van der Waals surface area (Å²) in [5, 5.41) is 13.2. The van der Waals surface area contributed by atoms with Gasteiger partial charge in [0.05, 0.1) is 5.60 Å². The van der Waals surface area contributed by atoms with Gasteiger partial charge in [-0.05, 0) is 45.4 Å². The van der Waals surface area contributed by atoms with Crippen LogP contribution in [0.3, 0.4) is 0 Å². The first-order valence-corrected chi connectivity index (χ1v) is 7.66. The molecule has 0 aromatic rings. The van der Waals surface area contributed by atoms with E-state index in [0.717, 1.165) is 30.0 Å². The van der Waals surface area contributed by atoms with Crippen LogP contribution in [0.25, 0.3) is 0 Å². The molecule has 0 atom stereocenters. The third-order valence-corrected chi connectivity index (χ3v) is 4.55. The predicted octanol–water partition coefficient (Wildman–Crippen LogP) is 2.66. The van der Waals surface area contributed by atoms with Crippen LogP contribution in [0.4, 0.5) is 0 Å². The van der Waals surface area contributed by atoms with Gasteiger partial charge < -0.3 is 10.4 Å². The highest BCUT2D eigenvalue weighted by Crippen LogP contribution is 2.23. The highest BCUT2D eigenvalue weighted by molar-refractivity contribution is 7.99. The zero-order valence-corrected chi connectivity index (χ0v) is 11.8. The third kappa shape index (κ3) is 6.77. The van der Waals surface area contributed by atoms with Crippen molar-refractivity contribution in [2.45, 2.75) is 58.1 Å². The number of aliphatic hydroxyl groups is 1. The molecule has 2 N–H and O–H groups in total. The second-order valence-corrected chi connectivity index (χ2v) is 6.88. The van der Waals surface area contributed by atoms with E-state index in [1.165, 1.54) is 25.7 Å². The van der Waals surface area contributed by atoms with E-state index < -0.39 is 5.60 Å². The average Bonchev–Trinajstić information content (AvgIpc) is 2.19. The molecule has 0 unspecified atom stereocenters. The quantitative estimate of drug-likeness (QED) is 0.706. The number of hydrogen-bond acceptors (Lipinski definition) is 3. The van der Waals surface area contributed by atoms with Crippen LogP contribution in [0, 0.1) is 5.92 Å². The van der Waals surface area contributed by atoms with Gasteiger partial charge in [0.25, 0.3) is 0 Å². The molecule has 0 spiro atoms. The van der Waals surface area contributed by atoms with Crippen molar-refractivity contribution < 1.29 is 5.11 Å². The van der Waals surface area contributed by atoms with Crippen molar-refractivity contribution in [1.29, 1.82) is 0 Å². The summed E-state index contributed by atoms with van der Waals surface area (Å²) < 4.78 is 0. The van der Waals surface area contributed by atoms with Crippen LogP contribution in [-0.4, -0.2) is 34.8 Å². The first-order valence-electron chi connectivity index (χ1n) is 6.51. The van der Waals surface area contributed by atoms with Gasteiger partial charge in [0, 0.05) is 24.1 Å². The summed E-state index contributed by atoms with van der Waals surface area (Å²) >= 11 is 1.84. The Morgan fingerprint density at radius 3 is 2.44 bits per heavy atom. The molecule has 1 rings (SSSR count). The van der Waals surface area contributed by atoms with E-state index in [1.54, 1.807) is 0 Å². The van der Waals surface area contributed by atoms with Gasteiger partial charge in [-0.3, -0.25) is 0 Å². The molecule has 0 bridgehead atoms. The van der Waals surface area contributed by atoms with E-state index in [9.17, 15) is 5.11 Å². The van der Waals surface area contributed by atoms with E-state index in [2.05, 4.69) is 12.2 Å². The van der Waals surface area contributed by atoms with E-state index in [4.69, 9.17) is 0 Å². The highest BCUT2D eigenvalue weighted by Gasteiger charge is 2.17. The van der Waals surface area contributed by atoms with Gasteiger partial charge in [-0.2, -0.15) is 11.8 Å². The maximum atomic E-state index is 9.55. The fourth-order valence-corrected chi connectivity index (χ4v) is 3.03. The average molecular weight is 245 g/mol. The molecule has 0 aromatic carbocycles. The van der Waals surface area contributed by atoms with E-state index in [0.29, 0.717) is 0 Å². The Hall–Kier alpha value is 0.270. The van der Waals surface area contributed by atoms with Gasteiger partial charge in [0.15, 0.2) is 0 Å². The maximum Gasteiger partial charge on any atom is 0.0681 e. The number of hydrogen-bond donors (Lipinski definition) is 2. The molecule has 0 aromatic heterocycles. The Morgan fingerprint density at radius 2 is 1.88 bits per heavy atom. The summed E-state index contributed by atoms with van der Waals surface area (Å²) in [4.78, 5) is 0. The molecular formula is C13H27NOS. The van der Waals surface area contributed by atoms with Crippen molar-refractivity contribution in [3.05, 3.63) is 0 Å². The number of thioether (sulfide) groups is 1. The monoisotopic (exact) mass is 245 g/mol. The molecule has 16 heavy (non-hydrogen) atoms. The van der Waals surface area contributed by atoms with Crippen molar-refractivity contribution in [2.75, 3.05) is 18.1 Å². The predicted molar refractivity (Wildman–Crippen MR) is 73.0 cm³/mol. The molecule has 3 heteroatoms. The van der Waals surface area contributed by atoms with Crippen molar-refractivity contribution >= 4 is 11.8 Å². The topological polar surface area (TPSA) is 32.3 Å².